The first-order chi connectivity index (χ1) is 8.92. The molecule has 0 bridgehead atoms. The van der Waals surface area contributed by atoms with Crippen molar-refractivity contribution >= 4 is 5.97 Å². The van der Waals surface area contributed by atoms with Crippen LogP contribution in [-0.2, 0) is 21.4 Å². The van der Waals surface area contributed by atoms with Gasteiger partial charge in [0.25, 0.3) is 0 Å². The number of hydrogen-bond donors (Lipinski definition) is 0. The molecule has 1 atom stereocenters. The standard InChI is InChI=1S/C16H22O3/c1-6-11-9-12(7-8-13(11)18-4)16(14(17)19-5)10-15(16,2)3/h7-9H,6,10H2,1-5H3. The highest BCUT2D eigenvalue weighted by Gasteiger charge is 2.68. The molecule has 1 saturated carbocycles. The molecule has 0 aromatic heterocycles. The van der Waals surface area contributed by atoms with E-state index in [1.807, 2.05) is 12.1 Å². The molecule has 1 aromatic rings. The fourth-order valence-corrected chi connectivity index (χ4v) is 3.07. The van der Waals surface area contributed by atoms with Gasteiger partial charge in [0, 0.05) is 0 Å². The third-order valence-corrected chi connectivity index (χ3v) is 4.43. The van der Waals surface area contributed by atoms with E-state index in [-0.39, 0.29) is 11.4 Å². The highest BCUT2D eigenvalue weighted by Crippen LogP contribution is 2.65. The molecule has 1 aliphatic carbocycles. The summed E-state index contributed by atoms with van der Waals surface area (Å²) in [6.07, 6.45) is 1.72. The number of carbonyl (C=O) groups is 1. The minimum atomic E-state index is -0.488. The van der Waals surface area contributed by atoms with Crippen LogP contribution in [0.15, 0.2) is 18.2 Å². The summed E-state index contributed by atoms with van der Waals surface area (Å²) in [6, 6.07) is 6.03. The van der Waals surface area contributed by atoms with Crippen LogP contribution >= 0.6 is 0 Å². The molecule has 0 aliphatic heterocycles. The van der Waals surface area contributed by atoms with Gasteiger partial charge in [0.1, 0.15) is 5.75 Å². The fourth-order valence-electron chi connectivity index (χ4n) is 3.07. The first-order valence-electron chi connectivity index (χ1n) is 6.68. The van der Waals surface area contributed by atoms with Crippen LogP contribution in [0.3, 0.4) is 0 Å². The first-order valence-corrected chi connectivity index (χ1v) is 6.68. The lowest BCUT2D eigenvalue weighted by molar-refractivity contribution is -0.144. The first kappa shape index (κ1) is 13.9. The molecule has 0 amide bonds. The Bertz CT molecular complexity index is 505. The van der Waals surface area contributed by atoms with E-state index < -0.39 is 5.41 Å². The monoisotopic (exact) mass is 262 g/mol. The second-order valence-electron chi connectivity index (χ2n) is 5.84. The van der Waals surface area contributed by atoms with Gasteiger partial charge in [0.05, 0.1) is 19.6 Å². The lowest BCUT2D eigenvalue weighted by Gasteiger charge is -2.20. The van der Waals surface area contributed by atoms with Crippen molar-refractivity contribution in [1.82, 2.24) is 0 Å². The molecular weight excluding hydrogens is 240 g/mol. The third kappa shape index (κ3) is 1.92. The van der Waals surface area contributed by atoms with Crippen LogP contribution < -0.4 is 4.74 Å². The average Bonchev–Trinajstić information content (AvgIpc) is 3.01. The number of esters is 1. The Morgan fingerprint density at radius 2 is 1.95 bits per heavy atom. The molecule has 0 heterocycles. The predicted octanol–water partition coefficient (Wildman–Crippen LogP) is 3.10. The molecule has 0 radical (unpaired) electrons. The zero-order chi connectivity index (χ0) is 14.3. The van der Waals surface area contributed by atoms with E-state index in [1.54, 1.807) is 7.11 Å². The molecule has 0 spiro atoms. The Morgan fingerprint density at radius 1 is 1.32 bits per heavy atom. The van der Waals surface area contributed by atoms with Crippen molar-refractivity contribution in [3.05, 3.63) is 29.3 Å². The van der Waals surface area contributed by atoms with Gasteiger partial charge in [-0.3, -0.25) is 4.79 Å². The molecule has 1 aromatic carbocycles. The van der Waals surface area contributed by atoms with Gasteiger partial charge in [-0.1, -0.05) is 32.9 Å². The minimum absolute atomic E-state index is 0.0420. The summed E-state index contributed by atoms with van der Waals surface area (Å²) in [5.41, 5.74) is 1.64. The molecule has 19 heavy (non-hydrogen) atoms. The summed E-state index contributed by atoms with van der Waals surface area (Å²) in [4.78, 5) is 12.2. The molecule has 1 unspecified atom stereocenters. The summed E-state index contributed by atoms with van der Waals surface area (Å²) < 4.78 is 10.4. The van der Waals surface area contributed by atoms with Crippen molar-refractivity contribution in [2.24, 2.45) is 5.41 Å². The van der Waals surface area contributed by atoms with Gasteiger partial charge in [-0.05, 0) is 35.4 Å². The van der Waals surface area contributed by atoms with Crippen molar-refractivity contribution in [3.8, 4) is 5.75 Å². The van der Waals surface area contributed by atoms with Crippen LogP contribution in [0.5, 0.6) is 5.75 Å². The van der Waals surface area contributed by atoms with Crippen molar-refractivity contribution in [2.45, 2.75) is 39.0 Å². The maximum atomic E-state index is 12.2. The number of hydrogen-bond acceptors (Lipinski definition) is 3. The van der Waals surface area contributed by atoms with Gasteiger partial charge < -0.3 is 9.47 Å². The number of methoxy groups -OCH3 is 2. The maximum absolute atomic E-state index is 12.2. The van der Waals surface area contributed by atoms with Crippen LogP contribution in [0.25, 0.3) is 0 Å². The van der Waals surface area contributed by atoms with E-state index in [0.717, 1.165) is 29.7 Å². The highest BCUT2D eigenvalue weighted by atomic mass is 16.5. The van der Waals surface area contributed by atoms with E-state index >= 15 is 0 Å². The second kappa shape index (κ2) is 4.55. The topological polar surface area (TPSA) is 35.5 Å². The number of carbonyl (C=O) groups excluding carboxylic acids is 1. The maximum Gasteiger partial charge on any atom is 0.316 e. The van der Waals surface area contributed by atoms with Gasteiger partial charge in [0.2, 0.25) is 0 Å². The molecule has 1 aliphatic rings. The lowest BCUT2D eigenvalue weighted by Crippen LogP contribution is -2.27. The van der Waals surface area contributed by atoms with Crippen LogP contribution in [0, 0.1) is 5.41 Å². The second-order valence-corrected chi connectivity index (χ2v) is 5.84. The average molecular weight is 262 g/mol. The molecule has 0 saturated heterocycles. The van der Waals surface area contributed by atoms with Crippen molar-refractivity contribution in [3.63, 3.8) is 0 Å². The van der Waals surface area contributed by atoms with Crippen molar-refractivity contribution in [2.75, 3.05) is 14.2 Å². The number of aryl methyl sites for hydroxylation is 1. The van der Waals surface area contributed by atoms with Gasteiger partial charge >= 0.3 is 5.97 Å². The fraction of sp³-hybridized carbons (Fsp3) is 0.562. The highest BCUT2D eigenvalue weighted by molar-refractivity contribution is 5.88. The van der Waals surface area contributed by atoms with E-state index in [4.69, 9.17) is 9.47 Å². The van der Waals surface area contributed by atoms with Crippen LogP contribution in [-0.4, -0.2) is 20.2 Å². The Labute approximate surface area is 114 Å². The van der Waals surface area contributed by atoms with Gasteiger partial charge in [-0.15, -0.1) is 0 Å². The van der Waals surface area contributed by atoms with E-state index in [9.17, 15) is 4.79 Å². The van der Waals surface area contributed by atoms with Crippen LogP contribution in [0.1, 0.15) is 38.3 Å². The van der Waals surface area contributed by atoms with E-state index in [1.165, 1.54) is 7.11 Å². The summed E-state index contributed by atoms with van der Waals surface area (Å²) >= 11 is 0. The summed E-state index contributed by atoms with van der Waals surface area (Å²) in [7, 11) is 3.13. The van der Waals surface area contributed by atoms with Crippen LogP contribution in [0.4, 0.5) is 0 Å². The van der Waals surface area contributed by atoms with Gasteiger partial charge in [0.15, 0.2) is 0 Å². The SMILES string of the molecule is CCc1cc(C2(C(=O)OC)CC2(C)C)ccc1OC. The van der Waals surface area contributed by atoms with E-state index in [0.29, 0.717) is 0 Å². The Hall–Kier alpha value is -1.51. The molecule has 0 N–H and O–H groups in total. The smallest absolute Gasteiger partial charge is 0.316 e. The quantitative estimate of drug-likeness (QED) is 0.782. The molecular formula is C16H22O3. The lowest BCUT2D eigenvalue weighted by atomic mass is 9.86. The Morgan fingerprint density at radius 3 is 2.37 bits per heavy atom. The van der Waals surface area contributed by atoms with Gasteiger partial charge in [-0.25, -0.2) is 0 Å². The van der Waals surface area contributed by atoms with Gasteiger partial charge in [-0.2, -0.15) is 0 Å². The summed E-state index contributed by atoms with van der Waals surface area (Å²) in [6.45, 7) is 6.31. The normalized spacial score (nSPS) is 23.8. The van der Waals surface area contributed by atoms with E-state index in [2.05, 4.69) is 26.8 Å². The van der Waals surface area contributed by atoms with Crippen molar-refractivity contribution in [1.29, 1.82) is 0 Å². The largest absolute Gasteiger partial charge is 0.496 e. The number of ether oxygens (including phenoxy) is 2. The Kier molecular flexibility index (Phi) is 3.33. The zero-order valence-corrected chi connectivity index (χ0v) is 12.4. The Balaban J connectivity index is 2.49. The number of benzene rings is 1. The molecule has 2 rings (SSSR count). The molecule has 1 fully saturated rings. The molecule has 3 nitrogen and oxygen atoms in total. The summed E-state index contributed by atoms with van der Waals surface area (Å²) in [5.74, 6) is 0.745. The number of rotatable bonds is 4. The summed E-state index contributed by atoms with van der Waals surface area (Å²) in [5, 5.41) is 0. The van der Waals surface area contributed by atoms with Crippen LogP contribution in [0.2, 0.25) is 0 Å². The molecule has 104 valence electrons. The van der Waals surface area contributed by atoms with Crippen molar-refractivity contribution < 1.29 is 14.3 Å². The minimum Gasteiger partial charge on any atom is -0.496 e. The molecule has 3 heteroatoms. The zero-order valence-electron chi connectivity index (χ0n) is 12.4. The third-order valence-electron chi connectivity index (χ3n) is 4.43. The predicted molar refractivity (Wildman–Crippen MR) is 74.5 cm³/mol.